The minimum absolute atomic E-state index is 0.247. The molecule has 0 unspecified atom stereocenters. The zero-order valence-corrected chi connectivity index (χ0v) is 11.7. The van der Waals surface area contributed by atoms with E-state index >= 15 is 0 Å². The maximum Gasteiger partial charge on any atom is 0.401 e. The number of nitrogen functional groups attached to an aromatic ring is 1. The van der Waals surface area contributed by atoms with Crippen LogP contribution in [-0.4, -0.2) is 48.3 Å². The monoisotopic (exact) mass is 325 g/mol. The van der Waals surface area contributed by atoms with E-state index < -0.39 is 31.8 Å². The smallest absolute Gasteiger partial charge is 0.397 e. The first-order valence-electron chi connectivity index (χ1n) is 5.96. The number of hydrogen-bond acceptors (Lipinski definition) is 4. The zero-order valence-electron chi connectivity index (χ0n) is 11.0. The van der Waals surface area contributed by atoms with E-state index in [1.807, 2.05) is 0 Å². The molecule has 0 saturated heterocycles. The molecule has 0 heterocycles. The SMILES string of the molecule is Nc1cc(NC(=O)CN(CCO)CC(F)(F)F)ccc1Cl. The molecule has 0 atom stereocenters. The van der Waals surface area contributed by atoms with E-state index in [4.69, 9.17) is 22.4 Å². The number of aliphatic hydroxyl groups excluding tert-OH is 1. The molecular weight excluding hydrogens is 311 g/mol. The summed E-state index contributed by atoms with van der Waals surface area (Å²) in [6.45, 7) is -2.50. The third-order valence-electron chi connectivity index (χ3n) is 2.47. The highest BCUT2D eigenvalue weighted by atomic mass is 35.5. The number of rotatable bonds is 6. The fourth-order valence-corrected chi connectivity index (χ4v) is 1.75. The molecular formula is C12H15ClF3N3O2. The molecule has 0 aliphatic carbocycles. The number of nitrogens with two attached hydrogens (primary N) is 1. The lowest BCUT2D eigenvalue weighted by atomic mass is 10.3. The van der Waals surface area contributed by atoms with Crippen molar-refractivity contribution < 1.29 is 23.1 Å². The van der Waals surface area contributed by atoms with Crippen molar-refractivity contribution in [3.05, 3.63) is 23.2 Å². The largest absolute Gasteiger partial charge is 0.401 e. The molecule has 0 radical (unpaired) electrons. The molecule has 0 aromatic heterocycles. The van der Waals surface area contributed by atoms with Crippen LogP contribution in [0.15, 0.2) is 18.2 Å². The number of anilines is 2. The Morgan fingerprint density at radius 2 is 2.10 bits per heavy atom. The van der Waals surface area contributed by atoms with Crippen LogP contribution in [-0.2, 0) is 4.79 Å². The number of nitrogens with one attached hydrogen (secondary N) is 1. The maximum atomic E-state index is 12.3. The number of amides is 1. The number of benzene rings is 1. The van der Waals surface area contributed by atoms with Crippen molar-refractivity contribution in [2.75, 3.05) is 37.3 Å². The van der Waals surface area contributed by atoms with Gasteiger partial charge in [-0.25, -0.2) is 0 Å². The summed E-state index contributed by atoms with van der Waals surface area (Å²) >= 11 is 5.72. The highest BCUT2D eigenvalue weighted by Gasteiger charge is 2.31. The van der Waals surface area contributed by atoms with Crippen LogP contribution < -0.4 is 11.1 Å². The molecule has 0 saturated carbocycles. The van der Waals surface area contributed by atoms with Crippen molar-refractivity contribution in [2.24, 2.45) is 0 Å². The van der Waals surface area contributed by atoms with E-state index in [0.29, 0.717) is 10.7 Å². The first-order chi connectivity index (χ1) is 9.71. The molecule has 0 spiro atoms. The molecule has 4 N–H and O–H groups in total. The Morgan fingerprint density at radius 1 is 1.43 bits per heavy atom. The highest BCUT2D eigenvalue weighted by Crippen LogP contribution is 2.22. The van der Waals surface area contributed by atoms with Crippen LogP contribution >= 0.6 is 11.6 Å². The van der Waals surface area contributed by atoms with Crippen molar-refractivity contribution >= 4 is 28.9 Å². The normalized spacial score (nSPS) is 11.7. The van der Waals surface area contributed by atoms with Gasteiger partial charge in [-0.2, -0.15) is 13.2 Å². The predicted molar refractivity (Wildman–Crippen MR) is 74.1 cm³/mol. The summed E-state index contributed by atoms with van der Waals surface area (Å²) in [5.74, 6) is -0.644. The minimum atomic E-state index is -4.44. The zero-order chi connectivity index (χ0) is 16.0. The van der Waals surface area contributed by atoms with Gasteiger partial charge in [-0.1, -0.05) is 11.6 Å². The molecule has 9 heteroatoms. The molecule has 0 fully saturated rings. The number of carbonyl (C=O) groups excluding carboxylic acids is 1. The van der Waals surface area contributed by atoms with Crippen LogP contribution in [0.5, 0.6) is 0 Å². The van der Waals surface area contributed by atoms with Crippen LogP contribution in [0.3, 0.4) is 0 Å². The fourth-order valence-electron chi connectivity index (χ4n) is 1.63. The van der Waals surface area contributed by atoms with Gasteiger partial charge in [0.25, 0.3) is 0 Å². The highest BCUT2D eigenvalue weighted by molar-refractivity contribution is 6.33. The van der Waals surface area contributed by atoms with Crippen molar-refractivity contribution in [3.63, 3.8) is 0 Å². The number of halogens is 4. The van der Waals surface area contributed by atoms with Gasteiger partial charge in [0.05, 0.1) is 30.4 Å². The molecule has 21 heavy (non-hydrogen) atoms. The van der Waals surface area contributed by atoms with Gasteiger partial charge in [0, 0.05) is 12.2 Å². The van der Waals surface area contributed by atoms with E-state index in [-0.39, 0.29) is 12.2 Å². The molecule has 1 amide bonds. The van der Waals surface area contributed by atoms with Gasteiger partial charge in [0.15, 0.2) is 0 Å². The summed E-state index contributed by atoms with van der Waals surface area (Å²) in [7, 11) is 0. The van der Waals surface area contributed by atoms with Crippen molar-refractivity contribution in [2.45, 2.75) is 6.18 Å². The van der Waals surface area contributed by atoms with Crippen LogP contribution in [0.25, 0.3) is 0 Å². The Balaban J connectivity index is 2.62. The van der Waals surface area contributed by atoms with Gasteiger partial charge in [0.1, 0.15) is 0 Å². The van der Waals surface area contributed by atoms with Crippen molar-refractivity contribution in [1.29, 1.82) is 0 Å². The summed E-state index contributed by atoms with van der Waals surface area (Å²) < 4.78 is 37.0. The second-order valence-corrected chi connectivity index (χ2v) is 4.74. The summed E-state index contributed by atoms with van der Waals surface area (Å²) in [5, 5.41) is 11.5. The van der Waals surface area contributed by atoms with E-state index in [1.54, 1.807) is 0 Å². The first kappa shape index (κ1) is 17.5. The Labute approximate surface area is 124 Å². The number of hydrogen-bond donors (Lipinski definition) is 3. The van der Waals surface area contributed by atoms with E-state index in [0.717, 1.165) is 4.90 Å². The van der Waals surface area contributed by atoms with E-state index in [1.165, 1.54) is 18.2 Å². The van der Waals surface area contributed by atoms with Gasteiger partial charge >= 0.3 is 6.18 Å². The second-order valence-electron chi connectivity index (χ2n) is 4.33. The van der Waals surface area contributed by atoms with Gasteiger partial charge < -0.3 is 16.2 Å². The van der Waals surface area contributed by atoms with Gasteiger partial charge in [-0.3, -0.25) is 9.69 Å². The first-order valence-corrected chi connectivity index (χ1v) is 6.34. The molecule has 1 aromatic rings. The summed E-state index contributed by atoms with van der Waals surface area (Å²) in [6, 6.07) is 4.35. The standard InChI is InChI=1S/C12H15ClF3N3O2/c13-9-2-1-8(5-10(9)17)18-11(21)6-19(3-4-20)7-12(14,15)16/h1-2,5,20H,3-4,6-7,17H2,(H,18,21). The van der Waals surface area contributed by atoms with E-state index in [9.17, 15) is 18.0 Å². The average molecular weight is 326 g/mol. The fraction of sp³-hybridized carbons (Fsp3) is 0.417. The lowest BCUT2D eigenvalue weighted by Gasteiger charge is -2.22. The van der Waals surface area contributed by atoms with Crippen LogP contribution in [0.2, 0.25) is 5.02 Å². The number of nitrogens with zero attached hydrogens (tertiary/aromatic N) is 1. The molecule has 5 nitrogen and oxygen atoms in total. The molecule has 118 valence electrons. The predicted octanol–water partition coefficient (Wildman–Crippen LogP) is 1.72. The Morgan fingerprint density at radius 3 is 2.62 bits per heavy atom. The summed E-state index contributed by atoms with van der Waals surface area (Å²) in [4.78, 5) is 12.5. The maximum absolute atomic E-state index is 12.3. The third-order valence-corrected chi connectivity index (χ3v) is 2.81. The molecule has 1 rings (SSSR count). The van der Waals surface area contributed by atoms with Gasteiger partial charge in [0.2, 0.25) is 5.91 Å². The Kier molecular flexibility index (Phi) is 6.25. The lowest BCUT2D eigenvalue weighted by molar-refractivity contribution is -0.148. The minimum Gasteiger partial charge on any atom is -0.397 e. The van der Waals surface area contributed by atoms with Crippen molar-refractivity contribution in [1.82, 2.24) is 4.90 Å². The number of aliphatic hydroxyl groups is 1. The number of carbonyl (C=O) groups is 1. The van der Waals surface area contributed by atoms with Crippen LogP contribution in [0.1, 0.15) is 0 Å². The topological polar surface area (TPSA) is 78.6 Å². The van der Waals surface area contributed by atoms with E-state index in [2.05, 4.69) is 5.32 Å². The van der Waals surface area contributed by atoms with Gasteiger partial charge in [-0.05, 0) is 18.2 Å². The summed E-state index contributed by atoms with van der Waals surface area (Å²) in [5.41, 5.74) is 6.13. The van der Waals surface area contributed by atoms with Crippen LogP contribution in [0, 0.1) is 0 Å². The second kappa shape index (κ2) is 7.48. The molecule has 1 aromatic carbocycles. The molecule has 0 bridgehead atoms. The quantitative estimate of drug-likeness (QED) is 0.696. The average Bonchev–Trinajstić information content (AvgIpc) is 2.32. The third kappa shape index (κ3) is 6.65. The molecule has 0 aliphatic rings. The summed E-state index contributed by atoms with van der Waals surface area (Å²) in [6.07, 6.45) is -4.44. The van der Waals surface area contributed by atoms with Crippen LogP contribution in [0.4, 0.5) is 24.5 Å². The van der Waals surface area contributed by atoms with Gasteiger partial charge in [-0.15, -0.1) is 0 Å². The lowest BCUT2D eigenvalue weighted by Crippen LogP contribution is -2.41. The number of alkyl halides is 3. The Hall–Kier alpha value is -1.51. The Bertz CT molecular complexity index is 497. The molecule has 0 aliphatic heterocycles. The van der Waals surface area contributed by atoms with Crippen molar-refractivity contribution in [3.8, 4) is 0 Å².